The second kappa shape index (κ2) is 12.0. The van der Waals surface area contributed by atoms with Gasteiger partial charge in [0.25, 0.3) is 0 Å². The highest BCUT2D eigenvalue weighted by molar-refractivity contribution is 6.04. The molecule has 0 aliphatic rings. The van der Waals surface area contributed by atoms with E-state index in [1.54, 1.807) is 24.3 Å². The van der Waals surface area contributed by atoms with Gasteiger partial charge in [0.1, 0.15) is 24.7 Å². The lowest BCUT2D eigenvalue weighted by Crippen LogP contribution is -1.94. The molecule has 0 amide bonds. The number of ether oxygens (including phenoxy) is 2. The molecule has 0 unspecified atom stereocenters. The van der Waals surface area contributed by atoms with Gasteiger partial charge in [-0.1, -0.05) is 97.1 Å². The summed E-state index contributed by atoms with van der Waals surface area (Å²) in [6, 6.07) is 35.4. The maximum atomic E-state index is 12.2. The van der Waals surface area contributed by atoms with Crippen LogP contribution >= 0.6 is 0 Å². The SMILES string of the molecule is O=C(/C=C/c1ccc(OCc2ccccc2)cc1)/C=C/c1ccc(OCc2ccccc2)cc1. The van der Waals surface area contributed by atoms with Crippen molar-refractivity contribution in [3.63, 3.8) is 0 Å². The minimum atomic E-state index is -0.0752. The van der Waals surface area contributed by atoms with Crippen molar-refractivity contribution < 1.29 is 14.3 Å². The van der Waals surface area contributed by atoms with Gasteiger partial charge >= 0.3 is 0 Å². The van der Waals surface area contributed by atoms with E-state index in [0.29, 0.717) is 13.2 Å². The van der Waals surface area contributed by atoms with Gasteiger partial charge in [0, 0.05) is 0 Å². The molecule has 4 aromatic carbocycles. The van der Waals surface area contributed by atoms with Crippen LogP contribution in [0.1, 0.15) is 22.3 Å². The summed E-state index contributed by atoms with van der Waals surface area (Å²) in [6.07, 6.45) is 6.73. The van der Waals surface area contributed by atoms with Crippen LogP contribution in [0.2, 0.25) is 0 Å². The van der Waals surface area contributed by atoms with E-state index in [1.165, 1.54) is 0 Å². The molecule has 0 saturated carbocycles. The van der Waals surface area contributed by atoms with Crippen LogP contribution in [0, 0.1) is 0 Å². The van der Waals surface area contributed by atoms with E-state index in [0.717, 1.165) is 33.8 Å². The largest absolute Gasteiger partial charge is 0.489 e. The predicted molar refractivity (Wildman–Crippen MR) is 138 cm³/mol. The highest BCUT2D eigenvalue weighted by Crippen LogP contribution is 2.16. The summed E-state index contributed by atoms with van der Waals surface area (Å²) in [5, 5.41) is 0. The van der Waals surface area contributed by atoms with Crippen LogP contribution in [-0.2, 0) is 18.0 Å². The lowest BCUT2D eigenvalue weighted by atomic mass is 10.1. The predicted octanol–water partition coefficient (Wildman–Crippen LogP) is 7.14. The zero-order valence-electron chi connectivity index (χ0n) is 18.8. The van der Waals surface area contributed by atoms with Gasteiger partial charge in [-0.25, -0.2) is 0 Å². The summed E-state index contributed by atoms with van der Waals surface area (Å²) in [4.78, 5) is 12.2. The highest BCUT2D eigenvalue weighted by atomic mass is 16.5. The fourth-order valence-corrected chi connectivity index (χ4v) is 3.24. The second-order valence-corrected chi connectivity index (χ2v) is 7.76. The lowest BCUT2D eigenvalue weighted by molar-refractivity contribution is -0.110. The average Bonchev–Trinajstić information content (AvgIpc) is 2.91. The van der Waals surface area contributed by atoms with Crippen molar-refractivity contribution in [1.29, 1.82) is 0 Å². The average molecular weight is 447 g/mol. The molecule has 0 aromatic heterocycles. The third-order valence-corrected chi connectivity index (χ3v) is 5.14. The van der Waals surface area contributed by atoms with E-state index in [4.69, 9.17) is 9.47 Å². The number of allylic oxidation sites excluding steroid dienone is 2. The Morgan fingerprint density at radius 3 is 1.29 bits per heavy atom. The monoisotopic (exact) mass is 446 g/mol. The topological polar surface area (TPSA) is 35.5 Å². The van der Waals surface area contributed by atoms with Crippen LogP contribution in [0.5, 0.6) is 11.5 Å². The first-order valence-corrected chi connectivity index (χ1v) is 11.2. The fourth-order valence-electron chi connectivity index (χ4n) is 3.24. The maximum Gasteiger partial charge on any atom is 0.178 e. The fraction of sp³-hybridized carbons (Fsp3) is 0.0645. The normalized spacial score (nSPS) is 11.1. The minimum Gasteiger partial charge on any atom is -0.489 e. The van der Waals surface area contributed by atoms with Crippen LogP contribution in [-0.4, -0.2) is 5.78 Å². The third-order valence-electron chi connectivity index (χ3n) is 5.14. The molecule has 0 aliphatic heterocycles. The van der Waals surface area contributed by atoms with E-state index < -0.39 is 0 Å². The molecule has 0 bridgehead atoms. The van der Waals surface area contributed by atoms with Crippen molar-refractivity contribution in [3.8, 4) is 11.5 Å². The quantitative estimate of drug-likeness (QED) is 0.243. The molecule has 3 nitrogen and oxygen atoms in total. The number of carbonyl (C=O) groups excluding carboxylic acids is 1. The molecule has 3 heteroatoms. The van der Waals surface area contributed by atoms with Gasteiger partial charge in [0.05, 0.1) is 0 Å². The van der Waals surface area contributed by atoms with Crippen LogP contribution in [0.15, 0.2) is 121 Å². The van der Waals surface area contributed by atoms with E-state index in [-0.39, 0.29) is 5.78 Å². The van der Waals surface area contributed by atoms with Gasteiger partial charge in [-0.15, -0.1) is 0 Å². The summed E-state index contributed by atoms with van der Waals surface area (Å²) >= 11 is 0. The molecule has 0 heterocycles. The van der Waals surface area contributed by atoms with Crippen molar-refractivity contribution >= 4 is 17.9 Å². The molecule has 168 valence electrons. The van der Waals surface area contributed by atoms with Gasteiger partial charge in [0.2, 0.25) is 0 Å². The van der Waals surface area contributed by atoms with Gasteiger partial charge in [-0.2, -0.15) is 0 Å². The molecule has 4 aromatic rings. The van der Waals surface area contributed by atoms with Crippen molar-refractivity contribution in [3.05, 3.63) is 144 Å². The molecule has 0 atom stereocenters. The first-order valence-electron chi connectivity index (χ1n) is 11.2. The van der Waals surface area contributed by atoms with Crippen molar-refractivity contribution in [2.24, 2.45) is 0 Å². The Kier molecular flexibility index (Phi) is 8.07. The van der Waals surface area contributed by atoms with Crippen LogP contribution in [0.25, 0.3) is 12.2 Å². The van der Waals surface area contributed by atoms with E-state index >= 15 is 0 Å². The summed E-state index contributed by atoms with van der Waals surface area (Å²) < 4.78 is 11.6. The number of carbonyl (C=O) groups is 1. The lowest BCUT2D eigenvalue weighted by Gasteiger charge is -2.06. The van der Waals surface area contributed by atoms with Crippen molar-refractivity contribution in [2.45, 2.75) is 13.2 Å². The molecule has 0 N–H and O–H groups in total. The van der Waals surface area contributed by atoms with Crippen molar-refractivity contribution in [1.82, 2.24) is 0 Å². The zero-order valence-corrected chi connectivity index (χ0v) is 18.8. The van der Waals surface area contributed by atoms with Gasteiger partial charge in [-0.05, 0) is 58.7 Å². The van der Waals surface area contributed by atoms with Crippen LogP contribution in [0.3, 0.4) is 0 Å². The first-order chi connectivity index (χ1) is 16.7. The molecule has 0 aliphatic carbocycles. The zero-order chi connectivity index (χ0) is 23.4. The number of hydrogen-bond donors (Lipinski definition) is 0. The molecule has 4 rings (SSSR count). The van der Waals surface area contributed by atoms with E-state index in [1.807, 2.05) is 109 Å². The Morgan fingerprint density at radius 1 is 0.529 bits per heavy atom. The minimum absolute atomic E-state index is 0.0752. The van der Waals surface area contributed by atoms with Gasteiger partial charge in [0.15, 0.2) is 5.78 Å². The Labute approximate surface area is 200 Å². The molecule has 0 saturated heterocycles. The molecular formula is C31H26O3. The molecule has 0 fully saturated rings. The number of rotatable bonds is 10. The van der Waals surface area contributed by atoms with E-state index in [2.05, 4.69) is 0 Å². The summed E-state index contributed by atoms with van der Waals surface area (Å²) in [6.45, 7) is 1.05. The van der Waals surface area contributed by atoms with E-state index in [9.17, 15) is 4.79 Å². The second-order valence-electron chi connectivity index (χ2n) is 7.76. The van der Waals surface area contributed by atoms with Gasteiger partial charge < -0.3 is 9.47 Å². The number of benzene rings is 4. The Bertz CT molecular complexity index is 1120. The molecule has 0 spiro atoms. The Hall–Kier alpha value is -4.37. The van der Waals surface area contributed by atoms with Crippen molar-refractivity contribution in [2.75, 3.05) is 0 Å². The molecular weight excluding hydrogens is 420 g/mol. The molecule has 0 radical (unpaired) electrons. The standard InChI is InChI=1S/C31H26O3/c32-29(17-11-25-13-19-30(20-14-25)33-23-27-7-3-1-4-8-27)18-12-26-15-21-31(22-16-26)34-24-28-9-5-2-6-10-28/h1-22H,23-24H2/b17-11+,18-12+. The Balaban J connectivity index is 1.24. The maximum absolute atomic E-state index is 12.2. The van der Waals surface area contributed by atoms with Crippen LogP contribution in [0.4, 0.5) is 0 Å². The summed E-state index contributed by atoms with van der Waals surface area (Å²) in [5.74, 6) is 1.51. The molecule has 34 heavy (non-hydrogen) atoms. The third kappa shape index (κ3) is 7.35. The summed E-state index contributed by atoms with van der Waals surface area (Å²) in [7, 11) is 0. The number of hydrogen-bond acceptors (Lipinski definition) is 3. The highest BCUT2D eigenvalue weighted by Gasteiger charge is 1.98. The summed E-state index contributed by atoms with van der Waals surface area (Å²) in [5.41, 5.74) is 4.12. The van der Waals surface area contributed by atoms with Gasteiger partial charge in [-0.3, -0.25) is 4.79 Å². The number of ketones is 1. The Morgan fingerprint density at radius 2 is 0.912 bits per heavy atom. The first kappa shape index (κ1) is 22.8. The van der Waals surface area contributed by atoms with Crippen LogP contribution < -0.4 is 9.47 Å². The smallest absolute Gasteiger partial charge is 0.178 e.